The predicted octanol–water partition coefficient (Wildman–Crippen LogP) is 1.15. The van der Waals surface area contributed by atoms with E-state index in [1.54, 1.807) is 0 Å². The zero-order valence-corrected chi connectivity index (χ0v) is 10.3. The first-order valence-electron chi connectivity index (χ1n) is 5.99. The summed E-state index contributed by atoms with van der Waals surface area (Å²) >= 11 is 0. The highest BCUT2D eigenvalue weighted by molar-refractivity contribution is 6.04. The fourth-order valence-electron chi connectivity index (χ4n) is 2.02. The molecule has 6 nitrogen and oxygen atoms in total. The first kappa shape index (κ1) is 13.1. The lowest BCUT2D eigenvalue weighted by Gasteiger charge is -2.17. The molecule has 0 radical (unpaired) electrons. The van der Waals surface area contributed by atoms with Gasteiger partial charge >= 0.3 is 12.0 Å². The normalized spacial score (nSPS) is 12.9. The molecule has 2 rings (SSSR count). The fourth-order valence-corrected chi connectivity index (χ4v) is 2.02. The summed E-state index contributed by atoms with van der Waals surface area (Å²) in [6.45, 7) is 0.525. The SMILES string of the molecule is O=C(O)CCC(=O)NC(=O)N1CCc2ccccc21. The molecule has 19 heavy (non-hydrogen) atoms. The van der Waals surface area contributed by atoms with E-state index in [0.29, 0.717) is 6.54 Å². The Morgan fingerprint density at radius 3 is 2.68 bits per heavy atom. The van der Waals surface area contributed by atoms with E-state index in [4.69, 9.17) is 5.11 Å². The van der Waals surface area contributed by atoms with E-state index in [-0.39, 0.29) is 12.8 Å². The van der Waals surface area contributed by atoms with Crippen LogP contribution in [0.5, 0.6) is 0 Å². The highest BCUT2D eigenvalue weighted by atomic mass is 16.4. The van der Waals surface area contributed by atoms with Crippen LogP contribution in [0.2, 0.25) is 0 Å². The number of nitrogens with one attached hydrogen (secondary N) is 1. The number of carboxylic acids is 1. The first-order chi connectivity index (χ1) is 9.08. The second kappa shape index (κ2) is 5.51. The van der Waals surface area contributed by atoms with Gasteiger partial charge < -0.3 is 5.11 Å². The minimum absolute atomic E-state index is 0.198. The van der Waals surface area contributed by atoms with Crippen LogP contribution in [0.25, 0.3) is 0 Å². The lowest BCUT2D eigenvalue weighted by molar-refractivity contribution is -0.138. The Bertz CT molecular complexity index is 527. The summed E-state index contributed by atoms with van der Waals surface area (Å²) in [5.41, 5.74) is 1.86. The molecular weight excluding hydrogens is 248 g/mol. The number of benzene rings is 1. The van der Waals surface area contributed by atoms with Crippen molar-refractivity contribution in [1.29, 1.82) is 0 Å². The molecular formula is C13H14N2O4. The van der Waals surface area contributed by atoms with E-state index in [1.807, 2.05) is 24.3 Å². The molecule has 0 saturated heterocycles. The van der Waals surface area contributed by atoms with E-state index in [9.17, 15) is 14.4 Å². The molecule has 0 unspecified atom stereocenters. The molecule has 6 heteroatoms. The Balaban J connectivity index is 1.95. The number of carbonyl (C=O) groups is 3. The molecule has 100 valence electrons. The van der Waals surface area contributed by atoms with Crippen molar-refractivity contribution in [1.82, 2.24) is 5.32 Å². The number of anilines is 1. The first-order valence-corrected chi connectivity index (χ1v) is 5.99. The summed E-state index contributed by atoms with van der Waals surface area (Å²) in [7, 11) is 0. The van der Waals surface area contributed by atoms with Crippen LogP contribution in [-0.2, 0) is 16.0 Å². The summed E-state index contributed by atoms with van der Waals surface area (Å²) in [5.74, 6) is -1.63. The van der Waals surface area contributed by atoms with Gasteiger partial charge in [-0.3, -0.25) is 19.8 Å². The molecule has 0 saturated carbocycles. The molecule has 2 N–H and O–H groups in total. The van der Waals surface area contributed by atoms with E-state index in [0.717, 1.165) is 17.7 Å². The average molecular weight is 262 g/mol. The van der Waals surface area contributed by atoms with E-state index in [2.05, 4.69) is 5.32 Å². The predicted molar refractivity (Wildman–Crippen MR) is 67.9 cm³/mol. The van der Waals surface area contributed by atoms with E-state index in [1.165, 1.54) is 4.90 Å². The monoisotopic (exact) mass is 262 g/mol. The van der Waals surface area contributed by atoms with Crippen molar-refractivity contribution in [3.63, 3.8) is 0 Å². The molecule has 0 aliphatic carbocycles. The number of hydrogen-bond acceptors (Lipinski definition) is 3. The van der Waals surface area contributed by atoms with Crippen molar-refractivity contribution in [3.05, 3.63) is 29.8 Å². The quantitative estimate of drug-likeness (QED) is 0.855. The minimum Gasteiger partial charge on any atom is -0.481 e. The van der Waals surface area contributed by atoms with Gasteiger partial charge in [-0.05, 0) is 18.1 Å². The number of carboxylic acid groups (broad SMARTS) is 1. The molecule has 1 aliphatic heterocycles. The summed E-state index contributed by atoms with van der Waals surface area (Å²) in [6, 6.07) is 6.99. The highest BCUT2D eigenvalue weighted by Gasteiger charge is 2.25. The number of aliphatic carboxylic acids is 1. The number of carbonyl (C=O) groups excluding carboxylic acids is 2. The molecule has 0 fully saturated rings. The summed E-state index contributed by atoms with van der Waals surface area (Å²) < 4.78 is 0. The zero-order chi connectivity index (χ0) is 13.8. The topological polar surface area (TPSA) is 86.7 Å². The van der Waals surface area contributed by atoms with Crippen LogP contribution < -0.4 is 10.2 Å². The third-order valence-electron chi connectivity index (χ3n) is 2.94. The number of urea groups is 1. The van der Waals surface area contributed by atoms with Gasteiger partial charge in [0.05, 0.1) is 6.42 Å². The van der Waals surface area contributed by atoms with Gasteiger partial charge in [-0.1, -0.05) is 18.2 Å². The van der Waals surface area contributed by atoms with Crippen molar-refractivity contribution in [2.75, 3.05) is 11.4 Å². The summed E-state index contributed by atoms with van der Waals surface area (Å²) in [6.07, 6.45) is 0.277. The van der Waals surface area contributed by atoms with Crippen molar-refractivity contribution in [2.24, 2.45) is 0 Å². The maximum absolute atomic E-state index is 11.9. The number of imide groups is 1. The maximum atomic E-state index is 11.9. The Morgan fingerprint density at radius 1 is 1.21 bits per heavy atom. The van der Waals surface area contributed by atoms with Gasteiger partial charge in [0.2, 0.25) is 5.91 Å². The molecule has 0 spiro atoms. The van der Waals surface area contributed by atoms with Crippen LogP contribution >= 0.6 is 0 Å². The maximum Gasteiger partial charge on any atom is 0.328 e. The number of nitrogens with zero attached hydrogens (tertiary/aromatic N) is 1. The molecule has 1 aromatic rings. The van der Waals surface area contributed by atoms with Crippen molar-refractivity contribution in [3.8, 4) is 0 Å². The third-order valence-corrected chi connectivity index (χ3v) is 2.94. The number of hydrogen-bond donors (Lipinski definition) is 2. The molecule has 1 aliphatic rings. The second-order valence-corrected chi connectivity index (χ2v) is 4.28. The van der Waals surface area contributed by atoms with Gasteiger partial charge in [-0.15, -0.1) is 0 Å². The minimum atomic E-state index is -1.06. The third kappa shape index (κ3) is 3.09. The lowest BCUT2D eigenvalue weighted by Crippen LogP contribution is -2.42. The van der Waals surface area contributed by atoms with Gasteiger partial charge in [-0.2, -0.15) is 0 Å². The van der Waals surface area contributed by atoms with Gasteiger partial charge in [0.15, 0.2) is 0 Å². The second-order valence-electron chi connectivity index (χ2n) is 4.28. The highest BCUT2D eigenvalue weighted by Crippen LogP contribution is 2.27. The van der Waals surface area contributed by atoms with Crippen LogP contribution in [0.4, 0.5) is 10.5 Å². The van der Waals surface area contributed by atoms with Gasteiger partial charge in [0.1, 0.15) is 0 Å². The standard InChI is InChI=1S/C13H14N2O4/c16-11(5-6-12(17)18)14-13(19)15-8-7-9-3-1-2-4-10(9)15/h1-4H,5-8H2,(H,17,18)(H,14,16,19). The molecule has 3 amide bonds. The van der Waals surface area contributed by atoms with Gasteiger partial charge in [0, 0.05) is 18.7 Å². The van der Waals surface area contributed by atoms with Crippen molar-refractivity contribution >= 4 is 23.6 Å². The van der Waals surface area contributed by atoms with Gasteiger partial charge in [0.25, 0.3) is 0 Å². The Kier molecular flexibility index (Phi) is 3.79. The molecule has 0 atom stereocenters. The van der Waals surface area contributed by atoms with Crippen LogP contribution in [0.15, 0.2) is 24.3 Å². The number of rotatable bonds is 3. The largest absolute Gasteiger partial charge is 0.481 e. The molecule has 0 bridgehead atoms. The number of fused-ring (bicyclic) bond motifs is 1. The molecule has 0 aromatic heterocycles. The number of para-hydroxylation sites is 1. The summed E-state index contributed by atoms with van der Waals surface area (Å²) in [4.78, 5) is 35.1. The Morgan fingerprint density at radius 2 is 1.95 bits per heavy atom. The van der Waals surface area contributed by atoms with Gasteiger partial charge in [-0.25, -0.2) is 4.79 Å². The lowest BCUT2D eigenvalue weighted by atomic mass is 10.2. The van der Waals surface area contributed by atoms with Crippen LogP contribution in [0.3, 0.4) is 0 Å². The van der Waals surface area contributed by atoms with Crippen LogP contribution in [0, 0.1) is 0 Å². The Labute approximate surface area is 110 Å². The fraction of sp³-hybridized carbons (Fsp3) is 0.308. The van der Waals surface area contributed by atoms with E-state index >= 15 is 0 Å². The molecule has 1 aromatic carbocycles. The Hall–Kier alpha value is -2.37. The smallest absolute Gasteiger partial charge is 0.328 e. The van der Waals surface area contributed by atoms with Crippen molar-refractivity contribution < 1.29 is 19.5 Å². The average Bonchev–Trinajstić information content (AvgIpc) is 2.80. The van der Waals surface area contributed by atoms with Crippen molar-refractivity contribution in [2.45, 2.75) is 19.3 Å². The van der Waals surface area contributed by atoms with Crippen LogP contribution in [-0.4, -0.2) is 29.6 Å². The van der Waals surface area contributed by atoms with Crippen LogP contribution in [0.1, 0.15) is 18.4 Å². The van der Waals surface area contributed by atoms with E-state index < -0.39 is 17.9 Å². The zero-order valence-electron chi connectivity index (χ0n) is 10.3. The molecule has 1 heterocycles. The number of amides is 3. The summed E-state index contributed by atoms with van der Waals surface area (Å²) in [5, 5.41) is 10.7.